The van der Waals surface area contributed by atoms with Gasteiger partial charge < -0.3 is 20.2 Å². The zero-order valence-corrected chi connectivity index (χ0v) is 28.1. The van der Waals surface area contributed by atoms with Gasteiger partial charge in [-0.1, -0.05) is 116 Å². The lowest BCUT2D eigenvalue weighted by molar-refractivity contribution is 0.462. The van der Waals surface area contributed by atoms with E-state index in [-0.39, 0.29) is 17.7 Å². The lowest BCUT2D eigenvalue weighted by Gasteiger charge is -2.21. The predicted octanol–water partition coefficient (Wildman–Crippen LogP) is 11.0. The van der Waals surface area contributed by atoms with E-state index in [1.54, 1.807) is 0 Å². The van der Waals surface area contributed by atoms with Crippen molar-refractivity contribution in [2.24, 2.45) is 4.99 Å². The molecule has 4 aromatic carbocycles. The number of benzene rings is 4. The molecule has 1 aliphatic heterocycles. The Hall–Kier alpha value is -4.84. The summed E-state index contributed by atoms with van der Waals surface area (Å²) in [5.41, 5.74) is 14.2. The fraction of sp³-hybridized carbons (Fsp3) is 0.300. The van der Waals surface area contributed by atoms with Gasteiger partial charge in [0, 0.05) is 10.9 Å². The molecule has 46 heavy (non-hydrogen) atoms. The van der Waals surface area contributed by atoms with E-state index in [1.165, 1.54) is 0 Å². The molecule has 0 bridgehead atoms. The van der Waals surface area contributed by atoms with E-state index < -0.39 is 0 Å². The first-order valence-electron chi connectivity index (χ1n) is 16.3. The fourth-order valence-electron chi connectivity index (χ4n) is 6.45. The molecule has 0 unspecified atom stereocenters. The van der Waals surface area contributed by atoms with Crippen LogP contribution in [0.4, 0.5) is 5.82 Å². The second-order valence-electron chi connectivity index (χ2n) is 13.4. The number of aromatic amines is 1. The zero-order chi connectivity index (χ0) is 32.9. The number of hydrogen-bond acceptors (Lipinski definition) is 4. The van der Waals surface area contributed by atoms with Gasteiger partial charge in [-0.3, -0.25) is 5.41 Å². The molecule has 1 aliphatic rings. The van der Waals surface area contributed by atoms with Crippen molar-refractivity contribution in [1.29, 1.82) is 5.41 Å². The molecular weight excluding hydrogens is 568 g/mol. The van der Waals surface area contributed by atoms with E-state index in [9.17, 15) is 0 Å². The van der Waals surface area contributed by atoms with Crippen LogP contribution in [0.1, 0.15) is 118 Å². The van der Waals surface area contributed by atoms with E-state index >= 15 is 0 Å². The van der Waals surface area contributed by atoms with Crippen molar-refractivity contribution in [3.05, 3.63) is 112 Å². The number of ether oxygens (including phenoxy) is 2. The quantitative estimate of drug-likeness (QED) is 0.154. The number of amidine groups is 1. The molecule has 0 aliphatic carbocycles. The average Bonchev–Trinajstić information content (AvgIpc) is 3.54. The summed E-state index contributed by atoms with van der Waals surface area (Å²) in [4.78, 5) is 8.19. The Balaban J connectivity index is 1.44. The van der Waals surface area contributed by atoms with Gasteiger partial charge in [0.25, 0.3) is 0 Å². The first-order chi connectivity index (χ1) is 22.0. The first kappa shape index (κ1) is 31.2. The summed E-state index contributed by atoms with van der Waals surface area (Å²) in [6.45, 7) is 17.4. The second-order valence-corrected chi connectivity index (χ2v) is 13.4. The molecule has 6 heteroatoms. The SMILES string of the molecule is CC(C)c1cccc(C(C)C)c1Oc1cccc2c1C(=N)N=C2c1[nH]c(N)c2c(Oc3c(C(C)C)cccc3C(C)C)cccc12. The lowest BCUT2D eigenvalue weighted by atomic mass is 9.94. The van der Waals surface area contributed by atoms with Gasteiger partial charge in [0.05, 0.1) is 22.4 Å². The molecule has 0 radical (unpaired) electrons. The number of para-hydroxylation sites is 2. The number of H-pyrrole nitrogens is 1. The maximum Gasteiger partial charge on any atom is 0.157 e. The smallest absolute Gasteiger partial charge is 0.157 e. The van der Waals surface area contributed by atoms with Gasteiger partial charge in [-0.25, -0.2) is 4.99 Å². The van der Waals surface area contributed by atoms with Crippen molar-refractivity contribution in [1.82, 2.24) is 4.98 Å². The van der Waals surface area contributed by atoms with Crippen LogP contribution in [0.5, 0.6) is 23.0 Å². The molecule has 0 atom stereocenters. The Morgan fingerprint density at radius 2 is 1.09 bits per heavy atom. The number of aromatic nitrogens is 1. The van der Waals surface area contributed by atoms with E-state index in [0.717, 1.165) is 55.8 Å². The molecule has 6 nitrogen and oxygen atoms in total. The standard InChI is InChI=1S/C40H44N4O2/c1-21(2)25-13-9-14-26(22(3)4)37(25)45-31-19-11-17-29-33(31)39(41)43-35(29)36-30-18-12-20-32(34(30)40(42)44-36)46-38-27(23(5)6)15-10-16-28(38)24(7)8/h9-24,41,44H,42H2,1-8H3. The van der Waals surface area contributed by atoms with Gasteiger partial charge in [0.15, 0.2) is 5.84 Å². The highest BCUT2D eigenvalue weighted by Crippen LogP contribution is 2.44. The Bertz CT molecular complexity index is 1940. The van der Waals surface area contributed by atoms with Crippen molar-refractivity contribution in [3.63, 3.8) is 0 Å². The third-order valence-electron chi connectivity index (χ3n) is 8.87. The summed E-state index contributed by atoms with van der Waals surface area (Å²) < 4.78 is 13.5. The van der Waals surface area contributed by atoms with Crippen LogP contribution in [-0.4, -0.2) is 16.5 Å². The number of rotatable bonds is 9. The highest BCUT2D eigenvalue weighted by molar-refractivity contribution is 6.32. The Kier molecular flexibility index (Phi) is 8.24. The van der Waals surface area contributed by atoms with Gasteiger partial charge in [-0.05, 0) is 58.1 Å². The van der Waals surface area contributed by atoms with E-state index in [2.05, 4.69) is 96.8 Å². The molecule has 0 spiro atoms. The zero-order valence-electron chi connectivity index (χ0n) is 28.1. The number of aliphatic imine (C=N–C) groups is 1. The molecule has 0 saturated heterocycles. The molecule has 6 rings (SSSR count). The Morgan fingerprint density at radius 3 is 1.61 bits per heavy atom. The number of nitrogen functional groups attached to an aromatic ring is 1. The number of nitrogens with two attached hydrogens (primary N) is 1. The van der Waals surface area contributed by atoms with Crippen LogP contribution in [0.2, 0.25) is 0 Å². The molecule has 2 heterocycles. The molecule has 4 N–H and O–H groups in total. The number of fused-ring (bicyclic) bond motifs is 2. The minimum Gasteiger partial charge on any atom is -0.456 e. The maximum atomic E-state index is 8.99. The molecule has 0 amide bonds. The monoisotopic (exact) mass is 612 g/mol. The van der Waals surface area contributed by atoms with Crippen LogP contribution in [0.15, 0.2) is 77.8 Å². The molecule has 236 valence electrons. The number of anilines is 1. The van der Waals surface area contributed by atoms with Crippen LogP contribution in [-0.2, 0) is 0 Å². The summed E-state index contributed by atoms with van der Waals surface area (Å²) in [6.07, 6.45) is 0. The van der Waals surface area contributed by atoms with Crippen LogP contribution >= 0.6 is 0 Å². The largest absolute Gasteiger partial charge is 0.456 e. The highest BCUT2D eigenvalue weighted by atomic mass is 16.5. The maximum absolute atomic E-state index is 8.99. The summed E-state index contributed by atoms with van der Waals surface area (Å²) in [6, 6.07) is 24.6. The van der Waals surface area contributed by atoms with E-state index in [0.29, 0.717) is 40.4 Å². The molecule has 0 fully saturated rings. The normalized spacial score (nSPS) is 13.0. The fourth-order valence-corrected chi connectivity index (χ4v) is 6.45. The van der Waals surface area contributed by atoms with Crippen LogP contribution < -0.4 is 15.2 Å². The minimum absolute atomic E-state index is 0.162. The van der Waals surface area contributed by atoms with Crippen LogP contribution in [0, 0.1) is 5.41 Å². The minimum atomic E-state index is 0.162. The number of hydrogen-bond donors (Lipinski definition) is 3. The number of nitrogens with one attached hydrogen (secondary N) is 2. The lowest BCUT2D eigenvalue weighted by Crippen LogP contribution is -2.05. The highest BCUT2D eigenvalue weighted by Gasteiger charge is 2.30. The third kappa shape index (κ3) is 5.36. The van der Waals surface area contributed by atoms with Gasteiger partial charge in [-0.15, -0.1) is 0 Å². The van der Waals surface area contributed by atoms with E-state index in [1.807, 2.05) is 36.4 Å². The van der Waals surface area contributed by atoms with Crippen molar-refractivity contribution in [3.8, 4) is 23.0 Å². The summed E-state index contributed by atoms with van der Waals surface area (Å²) in [5, 5.41) is 10.7. The first-order valence-corrected chi connectivity index (χ1v) is 16.3. The Morgan fingerprint density at radius 1 is 0.630 bits per heavy atom. The topological polar surface area (TPSA) is 96.5 Å². The van der Waals surface area contributed by atoms with Crippen molar-refractivity contribution < 1.29 is 9.47 Å². The van der Waals surface area contributed by atoms with Crippen LogP contribution in [0.25, 0.3) is 10.8 Å². The van der Waals surface area contributed by atoms with Crippen LogP contribution in [0.3, 0.4) is 0 Å². The molecule has 0 saturated carbocycles. The summed E-state index contributed by atoms with van der Waals surface area (Å²) >= 11 is 0. The molecular formula is C40H44N4O2. The van der Waals surface area contributed by atoms with Gasteiger partial charge >= 0.3 is 0 Å². The summed E-state index contributed by atoms with van der Waals surface area (Å²) in [7, 11) is 0. The predicted molar refractivity (Wildman–Crippen MR) is 191 cm³/mol. The second kappa shape index (κ2) is 12.2. The number of nitrogens with zero attached hydrogens (tertiary/aromatic N) is 1. The van der Waals surface area contributed by atoms with Crippen molar-refractivity contribution in [2.45, 2.75) is 79.1 Å². The van der Waals surface area contributed by atoms with Crippen molar-refractivity contribution in [2.75, 3.05) is 5.73 Å². The van der Waals surface area contributed by atoms with Gasteiger partial charge in [-0.2, -0.15) is 0 Å². The van der Waals surface area contributed by atoms with E-state index in [4.69, 9.17) is 25.6 Å². The van der Waals surface area contributed by atoms with Crippen molar-refractivity contribution >= 4 is 28.1 Å². The third-order valence-corrected chi connectivity index (χ3v) is 8.87. The average molecular weight is 613 g/mol. The molecule has 5 aromatic rings. The summed E-state index contributed by atoms with van der Waals surface area (Å²) in [5.74, 6) is 4.87. The van der Waals surface area contributed by atoms with Gasteiger partial charge in [0.2, 0.25) is 0 Å². The van der Waals surface area contributed by atoms with Gasteiger partial charge in [0.1, 0.15) is 28.8 Å². The molecule has 1 aromatic heterocycles. The Labute approximate surface area is 272 Å².